The van der Waals surface area contributed by atoms with Crippen LogP contribution < -0.4 is 16.2 Å². The van der Waals surface area contributed by atoms with E-state index in [9.17, 15) is 4.79 Å². The van der Waals surface area contributed by atoms with Crippen molar-refractivity contribution in [2.45, 2.75) is 39.0 Å². The first-order valence-corrected chi connectivity index (χ1v) is 6.92. The molecule has 4 heteroatoms. The first-order chi connectivity index (χ1) is 9.08. The van der Waals surface area contributed by atoms with Crippen molar-refractivity contribution >= 4 is 11.6 Å². The summed E-state index contributed by atoms with van der Waals surface area (Å²) in [6.07, 6.45) is 2.80. The fourth-order valence-electron chi connectivity index (χ4n) is 2.59. The number of carbonyl (C=O) groups excluding carboxylic acids is 1. The molecule has 4 nitrogen and oxygen atoms in total. The molecule has 1 fully saturated rings. The lowest BCUT2D eigenvalue weighted by molar-refractivity contribution is -0.119. The predicted molar refractivity (Wildman–Crippen MR) is 76.1 cm³/mol. The van der Waals surface area contributed by atoms with Crippen LogP contribution in [0, 0.1) is 5.92 Å². The largest absolute Gasteiger partial charge is 0.494 e. The molecule has 1 saturated carbocycles. The van der Waals surface area contributed by atoms with Crippen LogP contribution >= 0.6 is 0 Å². The summed E-state index contributed by atoms with van der Waals surface area (Å²) in [4.78, 5) is 11.2. The van der Waals surface area contributed by atoms with E-state index in [2.05, 4.69) is 6.92 Å². The van der Waals surface area contributed by atoms with Crippen molar-refractivity contribution in [2.75, 3.05) is 12.3 Å². The molecule has 1 amide bonds. The third-order valence-electron chi connectivity index (χ3n) is 3.64. The number of hydrogen-bond acceptors (Lipinski definition) is 3. The lowest BCUT2D eigenvalue weighted by Crippen LogP contribution is -2.14. The molecule has 1 aliphatic rings. The van der Waals surface area contributed by atoms with Gasteiger partial charge in [-0.05, 0) is 48.9 Å². The number of carbonyl (C=O) groups is 1. The molecule has 0 saturated heterocycles. The maximum atomic E-state index is 11.2. The highest BCUT2D eigenvalue weighted by atomic mass is 16.5. The molecule has 104 valence electrons. The highest BCUT2D eigenvalue weighted by Gasteiger charge is 2.43. The summed E-state index contributed by atoms with van der Waals surface area (Å²) < 4.78 is 5.69. The molecule has 4 N–H and O–H groups in total. The second kappa shape index (κ2) is 5.51. The number of aryl methyl sites for hydroxylation is 1. The minimum absolute atomic E-state index is 0.0613. The average molecular weight is 262 g/mol. The summed E-state index contributed by atoms with van der Waals surface area (Å²) in [5, 5.41) is 0. The molecule has 19 heavy (non-hydrogen) atoms. The standard InChI is InChI=1S/C15H22N2O2/c1-3-5-9-6-13(16)11(8-14(9)19-4-2)10-7-12(10)15(17)18/h6,8,10,12H,3-5,7,16H2,1-2H3,(H2,17,18)/t10-,12+/m0/s1. The van der Waals surface area contributed by atoms with Crippen LogP contribution in [-0.2, 0) is 11.2 Å². The average Bonchev–Trinajstić information content (AvgIpc) is 3.13. The molecule has 0 radical (unpaired) electrons. The maximum Gasteiger partial charge on any atom is 0.221 e. The molecular weight excluding hydrogens is 240 g/mol. The van der Waals surface area contributed by atoms with Crippen molar-refractivity contribution in [3.8, 4) is 5.75 Å². The highest BCUT2D eigenvalue weighted by Crippen LogP contribution is 2.50. The predicted octanol–water partition coefficient (Wildman–Crippen LogP) is 2.21. The molecule has 0 heterocycles. The molecule has 0 spiro atoms. The van der Waals surface area contributed by atoms with Crippen LogP contribution in [0.3, 0.4) is 0 Å². The second-order valence-electron chi connectivity index (χ2n) is 5.12. The molecule has 0 aromatic heterocycles. The van der Waals surface area contributed by atoms with Gasteiger partial charge in [0.25, 0.3) is 0 Å². The van der Waals surface area contributed by atoms with Gasteiger partial charge in [0, 0.05) is 11.6 Å². The van der Waals surface area contributed by atoms with Crippen molar-refractivity contribution in [2.24, 2.45) is 11.7 Å². The lowest BCUT2D eigenvalue weighted by atomic mass is 10.0. The molecule has 2 atom stereocenters. The third kappa shape index (κ3) is 2.83. The van der Waals surface area contributed by atoms with E-state index in [0.29, 0.717) is 6.61 Å². The quantitative estimate of drug-likeness (QED) is 0.771. The van der Waals surface area contributed by atoms with Crippen LogP contribution in [0.1, 0.15) is 43.7 Å². The zero-order valence-corrected chi connectivity index (χ0v) is 11.6. The van der Waals surface area contributed by atoms with E-state index in [1.807, 2.05) is 19.1 Å². The van der Waals surface area contributed by atoms with E-state index < -0.39 is 0 Å². The number of primary amides is 1. The minimum atomic E-state index is -0.236. The minimum Gasteiger partial charge on any atom is -0.494 e. The van der Waals surface area contributed by atoms with Gasteiger partial charge in [0.15, 0.2) is 0 Å². The Kier molecular flexibility index (Phi) is 3.98. The SMILES string of the molecule is CCCc1cc(N)c([C@@H]2C[C@H]2C(N)=O)cc1OCC. The second-order valence-corrected chi connectivity index (χ2v) is 5.12. The molecule has 0 aliphatic heterocycles. The Morgan fingerprint density at radius 2 is 2.16 bits per heavy atom. The van der Waals surface area contributed by atoms with Gasteiger partial charge in [-0.2, -0.15) is 0 Å². The van der Waals surface area contributed by atoms with E-state index in [4.69, 9.17) is 16.2 Å². The Balaban J connectivity index is 2.30. The number of ether oxygens (including phenoxy) is 1. The fraction of sp³-hybridized carbons (Fsp3) is 0.533. The van der Waals surface area contributed by atoms with Gasteiger partial charge in [0.2, 0.25) is 5.91 Å². The van der Waals surface area contributed by atoms with Crippen molar-refractivity contribution in [3.63, 3.8) is 0 Å². The smallest absolute Gasteiger partial charge is 0.221 e. The van der Waals surface area contributed by atoms with Gasteiger partial charge in [-0.3, -0.25) is 4.79 Å². The number of nitrogens with two attached hydrogens (primary N) is 2. The van der Waals surface area contributed by atoms with Gasteiger partial charge in [0.1, 0.15) is 5.75 Å². The van der Waals surface area contributed by atoms with Crippen molar-refractivity contribution in [1.29, 1.82) is 0 Å². The van der Waals surface area contributed by atoms with E-state index >= 15 is 0 Å². The van der Waals surface area contributed by atoms with Crippen molar-refractivity contribution in [1.82, 2.24) is 0 Å². The Morgan fingerprint density at radius 3 is 2.68 bits per heavy atom. The molecular formula is C15H22N2O2. The number of hydrogen-bond donors (Lipinski definition) is 2. The normalized spacial score (nSPS) is 21.2. The zero-order chi connectivity index (χ0) is 14.0. The molecule has 1 aliphatic carbocycles. The molecule has 1 aromatic rings. The van der Waals surface area contributed by atoms with Crippen LogP contribution in [0.5, 0.6) is 5.75 Å². The van der Waals surface area contributed by atoms with E-state index in [1.54, 1.807) is 0 Å². The fourth-order valence-corrected chi connectivity index (χ4v) is 2.59. The van der Waals surface area contributed by atoms with Gasteiger partial charge in [0.05, 0.1) is 6.61 Å². The van der Waals surface area contributed by atoms with Crippen LogP contribution in [0.4, 0.5) is 5.69 Å². The topological polar surface area (TPSA) is 78.3 Å². The number of benzene rings is 1. The maximum absolute atomic E-state index is 11.2. The molecule has 0 bridgehead atoms. The van der Waals surface area contributed by atoms with Gasteiger partial charge >= 0.3 is 0 Å². The van der Waals surface area contributed by atoms with Crippen LogP contribution in [-0.4, -0.2) is 12.5 Å². The van der Waals surface area contributed by atoms with Crippen LogP contribution in [0.15, 0.2) is 12.1 Å². The van der Waals surface area contributed by atoms with Gasteiger partial charge in [-0.1, -0.05) is 13.3 Å². The van der Waals surface area contributed by atoms with Crippen LogP contribution in [0.2, 0.25) is 0 Å². The number of amides is 1. The van der Waals surface area contributed by atoms with E-state index in [-0.39, 0.29) is 17.7 Å². The summed E-state index contributed by atoms with van der Waals surface area (Å²) in [5.41, 5.74) is 14.3. The number of rotatable bonds is 6. The molecule has 2 rings (SSSR count). The Labute approximate surface area is 114 Å². The van der Waals surface area contributed by atoms with Gasteiger partial charge < -0.3 is 16.2 Å². The Bertz CT molecular complexity index is 485. The van der Waals surface area contributed by atoms with Gasteiger partial charge in [-0.25, -0.2) is 0 Å². The van der Waals surface area contributed by atoms with Crippen molar-refractivity contribution < 1.29 is 9.53 Å². The summed E-state index contributed by atoms with van der Waals surface area (Å²) in [6, 6.07) is 3.98. The summed E-state index contributed by atoms with van der Waals surface area (Å²) in [7, 11) is 0. The zero-order valence-electron chi connectivity index (χ0n) is 11.6. The first-order valence-electron chi connectivity index (χ1n) is 6.92. The number of anilines is 1. The van der Waals surface area contributed by atoms with E-state index in [1.165, 1.54) is 0 Å². The first kappa shape index (κ1) is 13.7. The molecule has 1 aromatic carbocycles. The third-order valence-corrected chi connectivity index (χ3v) is 3.64. The Hall–Kier alpha value is -1.71. The van der Waals surface area contributed by atoms with E-state index in [0.717, 1.165) is 41.8 Å². The lowest BCUT2D eigenvalue weighted by Gasteiger charge is -2.14. The summed E-state index contributed by atoms with van der Waals surface area (Å²) in [6.45, 7) is 4.73. The van der Waals surface area contributed by atoms with Crippen molar-refractivity contribution in [3.05, 3.63) is 23.3 Å². The monoisotopic (exact) mass is 262 g/mol. The Morgan fingerprint density at radius 1 is 1.42 bits per heavy atom. The van der Waals surface area contributed by atoms with Crippen LogP contribution in [0.25, 0.3) is 0 Å². The number of nitrogen functional groups attached to an aromatic ring is 1. The summed E-state index contributed by atoms with van der Waals surface area (Å²) >= 11 is 0. The summed E-state index contributed by atoms with van der Waals surface area (Å²) in [5.74, 6) is 0.768. The van der Waals surface area contributed by atoms with Gasteiger partial charge in [-0.15, -0.1) is 0 Å². The molecule has 0 unspecified atom stereocenters. The highest BCUT2D eigenvalue weighted by molar-refractivity contribution is 5.82.